The van der Waals surface area contributed by atoms with Gasteiger partial charge in [-0.1, -0.05) is 36.4 Å². The highest BCUT2D eigenvalue weighted by atomic mass is 16.4. The van der Waals surface area contributed by atoms with Crippen LogP contribution in [0.1, 0.15) is 21.5 Å². The first kappa shape index (κ1) is 12.8. The molecule has 0 amide bonds. The Bertz CT molecular complexity index is 606. The molecule has 19 heavy (non-hydrogen) atoms. The van der Waals surface area contributed by atoms with E-state index < -0.39 is 5.97 Å². The molecule has 4 nitrogen and oxygen atoms in total. The minimum atomic E-state index is -1.16. The second kappa shape index (κ2) is 5.82. The van der Waals surface area contributed by atoms with E-state index in [1.165, 1.54) is 12.3 Å². The van der Waals surface area contributed by atoms with Crippen LogP contribution in [0.3, 0.4) is 0 Å². The molecule has 0 aliphatic heterocycles. The van der Waals surface area contributed by atoms with Crippen LogP contribution >= 0.6 is 0 Å². The number of carboxylic acids is 1. The molecule has 0 unspecified atom stereocenters. The molecule has 0 aromatic heterocycles. The molecule has 2 rings (SSSR count). The van der Waals surface area contributed by atoms with Crippen LogP contribution in [0.15, 0.2) is 53.5 Å². The molecular formula is C15H13NO3. The Morgan fingerprint density at radius 2 is 1.84 bits per heavy atom. The van der Waals surface area contributed by atoms with Crippen molar-refractivity contribution in [3.05, 3.63) is 65.2 Å². The van der Waals surface area contributed by atoms with Crippen molar-refractivity contribution >= 4 is 12.2 Å². The van der Waals surface area contributed by atoms with E-state index in [0.29, 0.717) is 12.1 Å². The molecule has 96 valence electrons. The standard InChI is InChI=1S/C15H13NO3/c17-14-12(7-4-8-13(14)15(18)19)10-16-9-11-5-2-1-3-6-11/h1-8,10,17H,9H2,(H,18,19). The van der Waals surface area contributed by atoms with Gasteiger partial charge in [0.1, 0.15) is 11.3 Å². The highest BCUT2D eigenvalue weighted by molar-refractivity contribution is 5.95. The SMILES string of the molecule is O=C(O)c1cccc(C=NCc2ccccc2)c1O. The molecule has 4 heteroatoms. The quantitative estimate of drug-likeness (QED) is 0.825. The molecule has 0 radical (unpaired) electrons. The van der Waals surface area contributed by atoms with E-state index in [1.54, 1.807) is 12.1 Å². The Balaban J connectivity index is 2.15. The van der Waals surface area contributed by atoms with E-state index >= 15 is 0 Å². The van der Waals surface area contributed by atoms with Crippen LogP contribution in [0.25, 0.3) is 0 Å². The van der Waals surface area contributed by atoms with E-state index in [9.17, 15) is 9.90 Å². The maximum absolute atomic E-state index is 10.9. The molecule has 2 aromatic carbocycles. The first-order chi connectivity index (χ1) is 9.18. The number of rotatable bonds is 4. The molecule has 0 aliphatic rings. The van der Waals surface area contributed by atoms with Crippen molar-refractivity contribution in [2.45, 2.75) is 6.54 Å². The normalized spacial score (nSPS) is 10.7. The highest BCUT2D eigenvalue weighted by Gasteiger charge is 2.11. The first-order valence-electron chi connectivity index (χ1n) is 5.77. The third-order valence-electron chi connectivity index (χ3n) is 2.64. The predicted octanol–water partition coefficient (Wildman–Crippen LogP) is 2.71. The van der Waals surface area contributed by atoms with E-state index in [2.05, 4.69) is 4.99 Å². The van der Waals surface area contributed by atoms with Gasteiger partial charge in [0.25, 0.3) is 0 Å². The van der Waals surface area contributed by atoms with E-state index in [4.69, 9.17) is 5.11 Å². The highest BCUT2D eigenvalue weighted by Crippen LogP contribution is 2.20. The van der Waals surface area contributed by atoms with Gasteiger partial charge in [0.15, 0.2) is 0 Å². The summed E-state index contributed by atoms with van der Waals surface area (Å²) in [5.41, 5.74) is 1.33. The molecule has 0 aliphatic carbocycles. The average Bonchev–Trinajstić information content (AvgIpc) is 2.41. The summed E-state index contributed by atoms with van der Waals surface area (Å²) in [5.74, 6) is -1.41. The molecule has 0 saturated carbocycles. The van der Waals surface area contributed by atoms with Gasteiger partial charge in [-0.3, -0.25) is 4.99 Å². The molecule has 2 aromatic rings. The number of benzene rings is 2. The Morgan fingerprint density at radius 3 is 2.53 bits per heavy atom. The van der Waals surface area contributed by atoms with Gasteiger partial charge in [0.2, 0.25) is 0 Å². The van der Waals surface area contributed by atoms with Crippen LogP contribution in [0.2, 0.25) is 0 Å². The predicted molar refractivity (Wildman–Crippen MR) is 72.8 cm³/mol. The molecular weight excluding hydrogens is 242 g/mol. The lowest BCUT2D eigenvalue weighted by molar-refractivity contribution is 0.0693. The number of phenols is 1. The van der Waals surface area contributed by atoms with Gasteiger partial charge in [-0.25, -0.2) is 4.79 Å². The summed E-state index contributed by atoms with van der Waals surface area (Å²) in [4.78, 5) is 15.1. The monoisotopic (exact) mass is 255 g/mol. The molecule has 0 fully saturated rings. The number of hydrogen-bond donors (Lipinski definition) is 2. The first-order valence-corrected chi connectivity index (χ1v) is 5.77. The minimum absolute atomic E-state index is 0.122. The average molecular weight is 255 g/mol. The van der Waals surface area contributed by atoms with Gasteiger partial charge >= 0.3 is 5.97 Å². The maximum Gasteiger partial charge on any atom is 0.339 e. The summed E-state index contributed by atoms with van der Waals surface area (Å²) in [6.07, 6.45) is 1.48. The molecule has 0 spiro atoms. The fraction of sp³-hybridized carbons (Fsp3) is 0.0667. The Kier molecular flexibility index (Phi) is 3.93. The van der Waals surface area contributed by atoms with Gasteiger partial charge in [-0.15, -0.1) is 0 Å². The van der Waals surface area contributed by atoms with Crippen molar-refractivity contribution in [1.82, 2.24) is 0 Å². The van der Waals surface area contributed by atoms with Crippen LogP contribution in [0.5, 0.6) is 5.75 Å². The zero-order chi connectivity index (χ0) is 13.7. The maximum atomic E-state index is 10.9. The Hall–Kier alpha value is -2.62. The number of para-hydroxylation sites is 1. The van der Waals surface area contributed by atoms with Crippen molar-refractivity contribution in [3.63, 3.8) is 0 Å². The van der Waals surface area contributed by atoms with Crippen molar-refractivity contribution in [3.8, 4) is 5.75 Å². The van der Waals surface area contributed by atoms with Crippen molar-refractivity contribution in [2.24, 2.45) is 4.99 Å². The van der Waals surface area contributed by atoms with E-state index in [-0.39, 0.29) is 11.3 Å². The number of aromatic hydroxyl groups is 1. The lowest BCUT2D eigenvalue weighted by Crippen LogP contribution is -1.98. The number of hydrogen-bond acceptors (Lipinski definition) is 3. The molecule has 0 heterocycles. The van der Waals surface area contributed by atoms with Crippen molar-refractivity contribution < 1.29 is 15.0 Å². The minimum Gasteiger partial charge on any atom is -0.506 e. The summed E-state index contributed by atoms with van der Waals surface area (Å²) >= 11 is 0. The third-order valence-corrected chi connectivity index (χ3v) is 2.64. The number of aromatic carboxylic acids is 1. The second-order valence-electron chi connectivity index (χ2n) is 4.00. The molecule has 0 saturated heterocycles. The summed E-state index contributed by atoms with van der Waals surface area (Å²) in [7, 11) is 0. The molecule has 2 N–H and O–H groups in total. The van der Waals surface area contributed by atoms with Crippen LogP contribution < -0.4 is 0 Å². The van der Waals surface area contributed by atoms with Gasteiger partial charge in [-0.2, -0.15) is 0 Å². The summed E-state index contributed by atoms with van der Waals surface area (Å²) in [5, 5.41) is 18.7. The lowest BCUT2D eigenvalue weighted by Gasteiger charge is -2.02. The summed E-state index contributed by atoms with van der Waals surface area (Å²) < 4.78 is 0. The zero-order valence-corrected chi connectivity index (χ0v) is 10.2. The fourth-order valence-electron chi connectivity index (χ4n) is 1.67. The zero-order valence-electron chi connectivity index (χ0n) is 10.2. The summed E-state index contributed by atoms with van der Waals surface area (Å²) in [6.45, 7) is 0.484. The second-order valence-corrected chi connectivity index (χ2v) is 4.00. The summed E-state index contributed by atoms with van der Waals surface area (Å²) in [6, 6.07) is 14.2. The molecule has 0 atom stereocenters. The van der Waals surface area contributed by atoms with Crippen LogP contribution in [-0.4, -0.2) is 22.4 Å². The Labute approximate surface area is 110 Å². The third kappa shape index (κ3) is 3.19. The fourth-order valence-corrected chi connectivity index (χ4v) is 1.67. The number of carboxylic acid groups (broad SMARTS) is 1. The Morgan fingerprint density at radius 1 is 1.11 bits per heavy atom. The van der Waals surface area contributed by atoms with Gasteiger partial charge in [0.05, 0.1) is 6.54 Å². The largest absolute Gasteiger partial charge is 0.506 e. The van der Waals surface area contributed by atoms with Gasteiger partial charge < -0.3 is 10.2 Å². The topological polar surface area (TPSA) is 69.9 Å². The molecule has 0 bridgehead atoms. The van der Waals surface area contributed by atoms with E-state index in [0.717, 1.165) is 5.56 Å². The van der Waals surface area contributed by atoms with Crippen molar-refractivity contribution in [2.75, 3.05) is 0 Å². The van der Waals surface area contributed by atoms with Crippen LogP contribution in [0.4, 0.5) is 0 Å². The smallest absolute Gasteiger partial charge is 0.339 e. The van der Waals surface area contributed by atoms with E-state index in [1.807, 2.05) is 30.3 Å². The van der Waals surface area contributed by atoms with Gasteiger partial charge in [0, 0.05) is 11.8 Å². The lowest BCUT2D eigenvalue weighted by atomic mass is 10.1. The number of carbonyl (C=O) groups is 1. The van der Waals surface area contributed by atoms with Crippen LogP contribution in [-0.2, 0) is 6.54 Å². The number of aliphatic imine (C=N–C) groups is 1. The van der Waals surface area contributed by atoms with Gasteiger partial charge in [-0.05, 0) is 17.7 Å². The van der Waals surface area contributed by atoms with Crippen LogP contribution in [0, 0.1) is 0 Å². The number of nitrogens with zero attached hydrogens (tertiary/aromatic N) is 1. The van der Waals surface area contributed by atoms with Crippen molar-refractivity contribution in [1.29, 1.82) is 0 Å².